The fourth-order valence-electron chi connectivity index (χ4n) is 2.67. The molecule has 1 heterocycles. The molecule has 25 heavy (non-hydrogen) atoms. The molecule has 0 saturated heterocycles. The molecule has 0 aliphatic carbocycles. The molecule has 0 aliphatic rings. The molecule has 0 aliphatic heterocycles. The van der Waals surface area contributed by atoms with E-state index in [0.717, 1.165) is 22.6 Å². The lowest BCUT2D eigenvalue weighted by atomic mass is 10.3. The number of ether oxygens (including phenoxy) is 2. The first-order valence-corrected chi connectivity index (χ1v) is 8.55. The smallest absolute Gasteiger partial charge is 0.148 e. The topological polar surface area (TPSA) is 56.5 Å². The highest BCUT2D eigenvalue weighted by Gasteiger charge is 2.15. The van der Waals surface area contributed by atoms with Gasteiger partial charge in [-0.1, -0.05) is 30.3 Å². The molecule has 1 unspecified atom stereocenters. The van der Waals surface area contributed by atoms with Crippen molar-refractivity contribution >= 4 is 11.0 Å². The zero-order valence-corrected chi connectivity index (χ0v) is 14.6. The summed E-state index contributed by atoms with van der Waals surface area (Å²) in [6, 6.07) is 17.6. The van der Waals surface area contributed by atoms with Crippen LogP contribution in [0.1, 0.15) is 19.7 Å². The standard InChI is InChI=1S/C20H24N2O3/c1-15(2)24-13-16(23)12-22-19-11-7-6-10-18(19)21-20(22)14-25-17-8-4-3-5-9-17/h3-11,15-16,23H,12-14H2,1-2H3. The summed E-state index contributed by atoms with van der Waals surface area (Å²) < 4.78 is 13.4. The van der Waals surface area contributed by atoms with Crippen molar-refractivity contribution in [3.8, 4) is 5.75 Å². The van der Waals surface area contributed by atoms with Crippen molar-refractivity contribution in [3.05, 3.63) is 60.4 Å². The minimum atomic E-state index is -0.601. The number of benzene rings is 2. The average molecular weight is 340 g/mol. The number of rotatable bonds is 8. The van der Waals surface area contributed by atoms with Crippen molar-refractivity contribution in [3.63, 3.8) is 0 Å². The first-order valence-electron chi connectivity index (χ1n) is 8.55. The molecule has 3 aromatic rings. The molecule has 5 nitrogen and oxygen atoms in total. The van der Waals surface area contributed by atoms with Gasteiger partial charge in [-0.25, -0.2) is 4.98 Å². The van der Waals surface area contributed by atoms with Gasteiger partial charge in [0.25, 0.3) is 0 Å². The number of imidazole rings is 1. The Morgan fingerprint density at radius 3 is 2.52 bits per heavy atom. The van der Waals surface area contributed by atoms with E-state index in [0.29, 0.717) is 19.8 Å². The predicted molar refractivity (Wildman–Crippen MR) is 97.6 cm³/mol. The van der Waals surface area contributed by atoms with Crippen LogP contribution >= 0.6 is 0 Å². The Morgan fingerprint density at radius 2 is 1.76 bits per heavy atom. The van der Waals surface area contributed by atoms with E-state index >= 15 is 0 Å². The number of aromatic nitrogens is 2. The van der Waals surface area contributed by atoms with Crippen molar-refractivity contribution in [1.29, 1.82) is 0 Å². The largest absolute Gasteiger partial charge is 0.486 e. The molecule has 2 aromatic carbocycles. The summed E-state index contributed by atoms with van der Waals surface area (Å²) in [6.45, 7) is 4.97. The highest BCUT2D eigenvalue weighted by atomic mass is 16.5. The van der Waals surface area contributed by atoms with Crippen molar-refractivity contribution in [2.75, 3.05) is 6.61 Å². The Balaban J connectivity index is 1.79. The van der Waals surface area contributed by atoms with Gasteiger partial charge in [0, 0.05) is 0 Å². The second-order valence-corrected chi connectivity index (χ2v) is 6.26. The van der Waals surface area contributed by atoms with Crippen LogP contribution in [0.2, 0.25) is 0 Å². The summed E-state index contributed by atoms with van der Waals surface area (Å²) in [5, 5.41) is 10.3. The maximum absolute atomic E-state index is 10.3. The molecule has 132 valence electrons. The van der Waals surface area contributed by atoms with E-state index in [-0.39, 0.29) is 6.10 Å². The van der Waals surface area contributed by atoms with E-state index in [9.17, 15) is 5.11 Å². The van der Waals surface area contributed by atoms with Crippen LogP contribution < -0.4 is 4.74 Å². The maximum atomic E-state index is 10.3. The summed E-state index contributed by atoms with van der Waals surface area (Å²) in [5.74, 6) is 1.58. The van der Waals surface area contributed by atoms with E-state index in [1.54, 1.807) is 0 Å². The van der Waals surface area contributed by atoms with Crippen LogP contribution in [-0.4, -0.2) is 33.5 Å². The van der Waals surface area contributed by atoms with Crippen LogP contribution in [0.5, 0.6) is 5.75 Å². The lowest BCUT2D eigenvalue weighted by Crippen LogP contribution is -2.25. The summed E-state index contributed by atoms with van der Waals surface area (Å²) in [4.78, 5) is 4.66. The van der Waals surface area contributed by atoms with Gasteiger partial charge in [0.2, 0.25) is 0 Å². The van der Waals surface area contributed by atoms with Gasteiger partial charge < -0.3 is 19.1 Å². The van der Waals surface area contributed by atoms with Crippen molar-refractivity contribution in [1.82, 2.24) is 9.55 Å². The molecule has 1 aromatic heterocycles. The fraction of sp³-hybridized carbons (Fsp3) is 0.350. The molecule has 0 amide bonds. The Morgan fingerprint density at radius 1 is 1.04 bits per heavy atom. The summed E-state index contributed by atoms with van der Waals surface area (Å²) in [5.41, 5.74) is 1.88. The third kappa shape index (κ3) is 4.59. The van der Waals surface area contributed by atoms with Crippen LogP contribution in [0.4, 0.5) is 0 Å². The third-order valence-corrected chi connectivity index (χ3v) is 3.86. The van der Waals surface area contributed by atoms with Crippen molar-refractivity contribution in [2.45, 2.75) is 39.2 Å². The van der Waals surface area contributed by atoms with E-state index in [1.165, 1.54) is 0 Å². The van der Waals surface area contributed by atoms with Crippen LogP contribution in [0.15, 0.2) is 54.6 Å². The van der Waals surface area contributed by atoms with Gasteiger partial charge in [0.05, 0.1) is 36.4 Å². The normalized spacial score (nSPS) is 12.6. The number of aliphatic hydroxyl groups excluding tert-OH is 1. The van der Waals surface area contributed by atoms with E-state index in [1.807, 2.05) is 73.0 Å². The van der Waals surface area contributed by atoms with Gasteiger partial charge in [0.15, 0.2) is 0 Å². The molecule has 3 rings (SSSR count). The second-order valence-electron chi connectivity index (χ2n) is 6.26. The van der Waals surface area contributed by atoms with Crippen molar-refractivity contribution in [2.24, 2.45) is 0 Å². The Bertz CT molecular complexity index is 799. The van der Waals surface area contributed by atoms with Crippen LogP contribution in [0.3, 0.4) is 0 Å². The molecular formula is C20H24N2O3. The Hall–Kier alpha value is -2.37. The van der Waals surface area contributed by atoms with Crippen LogP contribution in [0.25, 0.3) is 11.0 Å². The zero-order valence-electron chi connectivity index (χ0n) is 14.6. The number of hydrogen-bond donors (Lipinski definition) is 1. The molecule has 0 saturated carbocycles. The monoisotopic (exact) mass is 340 g/mol. The highest BCUT2D eigenvalue weighted by Crippen LogP contribution is 2.19. The molecule has 0 spiro atoms. The highest BCUT2D eigenvalue weighted by molar-refractivity contribution is 5.75. The van der Waals surface area contributed by atoms with Gasteiger partial charge in [-0.05, 0) is 38.1 Å². The van der Waals surface area contributed by atoms with E-state index < -0.39 is 6.10 Å². The van der Waals surface area contributed by atoms with Gasteiger partial charge >= 0.3 is 0 Å². The maximum Gasteiger partial charge on any atom is 0.148 e. The van der Waals surface area contributed by atoms with Gasteiger partial charge in [0.1, 0.15) is 18.2 Å². The lowest BCUT2D eigenvalue weighted by molar-refractivity contribution is -0.000801. The average Bonchev–Trinajstić information content (AvgIpc) is 2.97. The molecular weight excluding hydrogens is 316 g/mol. The Kier molecular flexibility index (Phi) is 5.68. The fourth-order valence-corrected chi connectivity index (χ4v) is 2.67. The number of hydrogen-bond acceptors (Lipinski definition) is 4. The number of para-hydroxylation sites is 3. The first-order chi connectivity index (χ1) is 12.1. The molecule has 0 radical (unpaired) electrons. The van der Waals surface area contributed by atoms with Crippen molar-refractivity contribution < 1.29 is 14.6 Å². The SMILES string of the molecule is CC(C)OCC(O)Cn1c(COc2ccccc2)nc2ccccc21. The van der Waals surface area contributed by atoms with E-state index in [4.69, 9.17) is 9.47 Å². The summed E-state index contributed by atoms with van der Waals surface area (Å²) in [6.07, 6.45) is -0.509. The molecule has 1 atom stereocenters. The lowest BCUT2D eigenvalue weighted by Gasteiger charge is -2.16. The van der Waals surface area contributed by atoms with Gasteiger partial charge in [-0.15, -0.1) is 0 Å². The third-order valence-electron chi connectivity index (χ3n) is 3.86. The van der Waals surface area contributed by atoms with Gasteiger partial charge in [-0.3, -0.25) is 0 Å². The second kappa shape index (κ2) is 8.14. The molecule has 0 fully saturated rings. The van der Waals surface area contributed by atoms with Crippen LogP contribution in [0, 0.1) is 0 Å². The van der Waals surface area contributed by atoms with Gasteiger partial charge in [-0.2, -0.15) is 0 Å². The summed E-state index contributed by atoms with van der Waals surface area (Å²) in [7, 11) is 0. The molecule has 5 heteroatoms. The zero-order chi connectivity index (χ0) is 17.6. The van der Waals surface area contributed by atoms with E-state index in [2.05, 4.69) is 4.98 Å². The summed E-state index contributed by atoms with van der Waals surface area (Å²) >= 11 is 0. The number of nitrogens with zero attached hydrogens (tertiary/aromatic N) is 2. The first kappa shape index (κ1) is 17.5. The molecule has 0 bridgehead atoms. The minimum absolute atomic E-state index is 0.0927. The quantitative estimate of drug-likeness (QED) is 0.683. The Labute approximate surface area is 147 Å². The minimum Gasteiger partial charge on any atom is -0.486 e. The number of aliphatic hydroxyl groups is 1. The number of fused-ring (bicyclic) bond motifs is 1. The predicted octanol–water partition coefficient (Wildman–Crippen LogP) is 3.40. The molecule has 1 N–H and O–H groups in total. The van der Waals surface area contributed by atoms with Crippen LogP contribution in [-0.2, 0) is 17.9 Å².